The Bertz CT molecular complexity index is 266. The maximum Gasteiger partial charge on any atom is 0.123 e. The van der Waals surface area contributed by atoms with E-state index in [2.05, 4.69) is 0 Å². The number of aliphatic hydroxyl groups is 4. The molecule has 0 aromatic heterocycles. The van der Waals surface area contributed by atoms with Gasteiger partial charge >= 0.3 is 0 Å². The normalized spacial score (nSPS) is 9.33. The van der Waals surface area contributed by atoms with Gasteiger partial charge in [0.2, 0.25) is 0 Å². The zero-order valence-electron chi connectivity index (χ0n) is 10.2. The molecule has 0 saturated carbocycles. The van der Waals surface area contributed by atoms with E-state index >= 15 is 0 Å². The van der Waals surface area contributed by atoms with Gasteiger partial charge < -0.3 is 29.9 Å². The summed E-state index contributed by atoms with van der Waals surface area (Å²) in [6.45, 7) is 0.260. The third-order valence-electron chi connectivity index (χ3n) is 1.63. The molecule has 0 aliphatic rings. The van der Waals surface area contributed by atoms with E-state index in [0.29, 0.717) is 11.5 Å². The van der Waals surface area contributed by atoms with Crippen LogP contribution in [0.25, 0.3) is 0 Å². The van der Waals surface area contributed by atoms with Crippen LogP contribution in [0.4, 0.5) is 0 Å². The lowest BCUT2D eigenvalue weighted by molar-refractivity contribution is 0.186. The lowest BCUT2D eigenvalue weighted by Crippen LogP contribution is -2.03. The number of rotatable bonds is 7. The molecule has 104 valence electrons. The largest absolute Gasteiger partial charge is 0.491 e. The highest BCUT2D eigenvalue weighted by molar-refractivity contribution is 5.32. The highest BCUT2D eigenvalue weighted by atomic mass is 16.5. The maximum absolute atomic E-state index is 8.55. The number of hydrogen-bond donors (Lipinski definition) is 4. The molecule has 1 aromatic carbocycles. The molecule has 0 aliphatic heterocycles. The first kappa shape index (κ1) is 16.7. The van der Waals surface area contributed by atoms with E-state index in [1.807, 2.05) is 0 Å². The molecular weight excluding hydrogens is 240 g/mol. The van der Waals surface area contributed by atoms with E-state index in [1.165, 1.54) is 0 Å². The van der Waals surface area contributed by atoms with Gasteiger partial charge in [0.1, 0.15) is 24.7 Å². The Labute approximate surface area is 106 Å². The van der Waals surface area contributed by atoms with Crippen molar-refractivity contribution < 1.29 is 29.9 Å². The minimum absolute atomic E-state index is 0.0122. The molecule has 1 rings (SSSR count). The van der Waals surface area contributed by atoms with Crippen molar-refractivity contribution in [1.82, 2.24) is 0 Å². The van der Waals surface area contributed by atoms with Crippen LogP contribution in [-0.2, 0) is 0 Å². The Kier molecular flexibility index (Phi) is 11.2. The molecule has 4 N–H and O–H groups in total. The molecule has 0 heterocycles. The SMILES string of the molecule is OCCO.OCCOc1cccc(OCCO)c1. The van der Waals surface area contributed by atoms with Crippen LogP contribution in [0.15, 0.2) is 24.3 Å². The molecule has 1 aromatic rings. The molecule has 0 aliphatic carbocycles. The van der Waals surface area contributed by atoms with Crippen molar-refractivity contribution in [3.05, 3.63) is 24.3 Å². The maximum atomic E-state index is 8.55. The molecule has 0 atom stereocenters. The first-order valence-corrected chi connectivity index (χ1v) is 5.57. The Morgan fingerprint density at radius 1 is 0.722 bits per heavy atom. The Hall–Kier alpha value is -1.34. The highest BCUT2D eigenvalue weighted by Gasteiger charge is 1.96. The van der Waals surface area contributed by atoms with Gasteiger partial charge in [0.15, 0.2) is 0 Å². The Balaban J connectivity index is 0.000000631. The molecule has 0 amide bonds. The van der Waals surface area contributed by atoms with Gasteiger partial charge in [-0.05, 0) is 12.1 Å². The fourth-order valence-electron chi connectivity index (χ4n) is 0.981. The van der Waals surface area contributed by atoms with Crippen LogP contribution in [0.1, 0.15) is 0 Å². The second-order valence-corrected chi connectivity index (χ2v) is 3.07. The predicted molar refractivity (Wildman–Crippen MR) is 65.8 cm³/mol. The molecule has 0 unspecified atom stereocenters. The number of hydrogen-bond acceptors (Lipinski definition) is 6. The van der Waals surface area contributed by atoms with Crippen LogP contribution in [0.3, 0.4) is 0 Å². The molecule has 0 saturated heterocycles. The number of aliphatic hydroxyl groups excluding tert-OH is 4. The molecule has 6 nitrogen and oxygen atoms in total. The van der Waals surface area contributed by atoms with Gasteiger partial charge in [0, 0.05) is 6.07 Å². The number of benzene rings is 1. The smallest absolute Gasteiger partial charge is 0.123 e. The van der Waals surface area contributed by atoms with Crippen LogP contribution in [-0.4, -0.2) is 60.1 Å². The third kappa shape index (κ3) is 8.77. The second kappa shape index (κ2) is 12.1. The summed E-state index contributed by atoms with van der Waals surface area (Å²) in [6.07, 6.45) is 0. The summed E-state index contributed by atoms with van der Waals surface area (Å²) >= 11 is 0. The molecular formula is C12H20O6. The van der Waals surface area contributed by atoms with Gasteiger partial charge in [-0.15, -0.1) is 0 Å². The minimum Gasteiger partial charge on any atom is -0.491 e. The second-order valence-electron chi connectivity index (χ2n) is 3.07. The van der Waals surface area contributed by atoms with E-state index < -0.39 is 0 Å². The summed E-state index contributed by atoms with van der Waals surface area (Å²) in [6, 6.07) is 7.06. The number of ether oxygens (including phenoxy) is 2. The fraction of sp³-hybridized carbons (Fsp3) is 0.500. The lowest BCUT2D eigenvalue weighted by Gasteiger charge is -2.07. The van der Waals surface area contributed by atoms with Gasteiger partial charge in [0.25, 0.3) is 0 Å². The van der Waals surface area contributed by atoms with Crippen molar-refractivity contribution in [3.8, 4) is 11.5 Å². The summed E-state index contributed by atoms with van der Waals surface area (Å²) in [5.74, 6) is 1.30. The Morgan fingerprint density at radius 2 is 1.17 bits per heavy atom. The van der Waals surface area contributed by atoms with E-state index in [4.69, 9.17) is 29.9 Å². The molecule has 0 radical (unpaired) electrons. The quantitative estimate of drug-likeness (QED) is 0.522. The van der Waals surface area contributed by atoms with Crippen molar-refractivity contribution >= 4 is 0 Å². The van der Waals surface area contributed by atoms with Gasteiger partial charge in [-0.2, -0.15) is 0 Å². The van der Waals surface area contributed by atoms with Crippen LogP contribution in [0.5, 0.6) is 11.5 Å². The van der Waals surface area contributed by atoms with Crippen molar-refractivity contribution in [2.24, 2.45) is 0 Å². The van der Waals surface area contributed by atoms with Gasteiger partial charge in [-0.1, -0.05) is 6.07 Å². The van der Waals surface area contributed by atoms with E-state index in [1.54, 1.807) is 24.3 Å². The van der Waals surface area contributed by atoms with E-state index in [0.717, 1.165) is 0 Å². The van der Waals surface area contributed by atoms with E-state index in [9.17, 15) is 0 Å². The predicted octanol–water partition coefficient (Wildman–Crippen LogP) is -0.600. The summed E-state index contributed by atoms with van der Waals surface area (Å²) in [7, 11) is 0. The average Bonchev–Trinajstić information content (AvgIpc) is 2.43. The van der Waals surface area contributed by atoms with Crippen LogP contribution in [0.2, 0.25) is 0 Å². The molecule has 18 heavy (non-hydrogen) atoms. The third-order valence-corrected chi connectivity index (χ3v) is 1.63. The van der Waals surface area contributed by atoms with Crippen LogP contribution < -0.4 is 9.47 Å². The van der Waals surface area contributed by atoms with Crippen LogP contribution in [0, 0.1) is 0 Å². The summed E-state index contributed by atoms with van der Waals surface area (Å²) in [4.78, 5) is 0. The topological polar surface area (TPSA) is 99.4 Å². The summed E-state index contributed by atoms with van der Waals surface area (Å²) in [5, 5.41) is 32.3. The molecule has 0 fully saturated rings. The average molecular weight is 260 g/mol. The van der Waals surface area contributed by atoms with Crippen molar-refractivity contribution in [2.75, 3.05) is 39.6 Å². The minimum atomic E-state index is -0.125. The molecule has 0 spiro atoms. The highest BCUT2D eigenvalue weighted by Crippen LogP contribution is 2.18. The van der Waals surface area contributed by atoms with E-state index in [-0.39, 0.29) is 39.6 Å². The zero-order valence-corrected chi connectivity index (χ0v) is 10.2. The first-order valence-electron chi connectivity index (χ1n) is 5.57. The standard InChI is InChI=1S/C10H14O4.C2H6O2/c11-4-6-13-9-2-1-3-10(8-9)14-7-5-12;3-1-2-4/h1-3,8,11-12H,4-7H2;3-4H,1-2H2. The van der Waals surface area contributed by atoms with Crippen molar-refractivity contribution in [3.63, 3.8) is 0 Å². The summed E-state index contributed by atoms with van der Waals surface area (Å²) in [5.41, 5.74) is 0. The zero-order chi connectivity index (χ0) is 13.6. The first-order chi connectivity index (χ1) is 8.78. The van der Waals surface area contributed by atoms with Gasteiger partial charge in [-0.25, -0.2) is 0 Å². The molecule has 0 bridgehead atoms. The van der Waals surface area contributed by atoms with Gasteiger partial charge in [0.05, 0.1) is 26.4 Å². The van der Waals surface area contributed by atoms with Crippen molar-refractivity contribution in [1.29, 1.82) is 0 Å². The van der Waals surface area contributed by atoms with Gasteiger partial charge in [-0.3, -0.25) is 0 Å². The fourth-order valence-corrected chi connectivity index (χ4v) is 0.981. The lowest BCUT2D eigenvalue weighted by atomic mass is 10.3. The van der Waals surface area contributed by atoms with Crippen LogP contribution >= 0.6 is 0 Å². The Morgan fingerprint density at radius 3 is 1.50 bits per heavy atom. The van der Waals surface area contributed by atoms with Crippen molar-refractivity contribution in [2.45, 2.75) is 0 Å². The molecule has 6 heteroatoms. The summed E-state index contributed by atoms with van der Waals surface area (Å²) < 4.78 is 10.4. The monoisotopic (exact) mass is 260 g/mol.